The van der Waals surface area contributed by atoms with Crippen LogP contribution in [0, 0.1) is 0 Å². The summed E-state index contributed by atoms with van der Waals surface area (Å²) in [5.74, 6) is 0.806. The Bertz CT molecular complexity index is 370. The number of ether oxygens (including phenoxy) is 1. The molecule has 116 valence electrons. The molecule has 1 heterocycles. The van der Waals surface area contributed by atoms with Crippen molar-refractivity contribution in [2.24, 2.45) is 4.99 Å². The molecular formula is C13H25IN4OS. The van der Waals surface area contributed by atoms with Crippen LogP contribution in [0.15, 0.2) is 22.5 Å². The van der Waals surface area contributed by atoms with Crippen LogP contribution in [0.1, 0.15) is 10.9 Å². The molecule has 1 aromatic heterocycles. The smallest absolute Gasteiger partial charge is 0.191 e. The molecule has 0 aliphatic rings. The van der Waals surface area contributed by atoms with Crippen LogP contribution in [0.25, 0.3) is 0 Å². The van der Waals surface area contributed by atoms with Gasteiger partial charge in [0.15, 0.2) is 5.96 Å². The number of nitrogens with zero attached hydrogens (tertiary/aromatic N) is 2. The zero-order valence-electron chi connectivity index (χ0n) is 12.5. The number of aliphatic imine (C=N–C) groups is 1. The zero-order valence-corrected chi connectivity index (χ0v) is 15.7. The minimum absolute atomic E-state index is 0. The van der Waals surface area contributed by atoms with Gasteiger partial charge >= 0.3 is 0 Å². The topological polar surface area (TPSA) is 48.9 Å². The number of nitrogens with one attached hydrogen (secondary N) is 2. The van der Waals surface area contributed by atoms with Crippen molar-refractivity contribution in [2.45, 2.75) is 6.04 Å². The number of rotatable bonds is 7. The van der Waals surface area contributed by atoms with E-state index in [0.29, 0.717) is 12.6 Å². The quantitative estimate of drug-likeness (QED) is 0.310. The second-order valence-electron chi connectivity index (χ2n) is 4.37. The van der Waals surface area contributed by atoms with Gasteiger partial charge in [0.1, 0.15) is 0 Å². The van der Waals surface area contributed by atoms with E-state index in [2.05, 4.69) is 52.1 Å². The van der Waals surface area contributed by atoms with Gasteiger partial charge in [-0.25, -0.2) is 0 Å². The van der Waals surface area contributed by atoms with Gasteiger partial charge in [-0.15, -0.1) is 35.3 Å². The molecule has 0 spiro atoms. The molecule has 20 heavy (non-hydrogen) atoms. The van der Waals surface area contributed by atoms with E-state index >= 15 is 0 Å². The highest BCUT2D eigenvalue weighted by molar-refractivity contribution is 14.0. The Morgan fingerprint density at radius 2 is 2.20 bits per heavy atom. The molecule has 0 aliphatic carbocycles. The fourth-order valence-corrected chi connectivity index (χ4v) is 2.63. The highest BCUT2D eigenvalue weighted by atomic mass is 127. The van der Waals surface area contributed by atoms with E-state index in [0.717, 1.165) is 19.0 Å². The van der Waals surface area contributed by atoms with Crippen molar-refractivity contribution in [1.82, 2.24) is 15.5 Å². The molecule has 1 aromatic rings. The van der Waals surface area contributed by atoms with Gasteiger partial charge in [-0.2, -0.15) is 0 Å². The largest absolute Gasteiger partial charge is 0.383 e. The number of thiophene rings is 1. The first kappa shape index (κ1) is 19.6. The summed E-state index contributed by atoms with van der Waals surface area (Å²) in [5.41, 5.74) is 0. The molecule has 0 saturated carbocycles. The van der Waals surface area contributed by atoms with Crippen molar-refractivity contribution in [3.05, 3.63) is 22.4 Å². The third-order valence-corrected chi connectivity index (χ3v) is 3.75. The third kappa shape index (κ3) is 6.87. The van der Waals surface area contributed by atoms with E-state index in [1.807, 2.05) is 0 Å². The highest BCUT2D eigenvalue weighted by Gasteiger charge is 2.15. The van der Waals surface area contributed by atoms with Crippen LogP contribution in [-0.4, -0.2) is 58.8 Å². The van der Waals surface area contributed by atoms with E-state index in [1.54, 1.807) is 25.5 Å². The molecule has 0 aliphatic heterocycles. The molecule has 0 radical (unpaired) electrons. The van der Waals surface area contributed by atoms with E-state index in [9.17, 15) is 0 Å². The third-order valence-electron chi connectivity index (χ3n) is 2.78. The predicted molar refractivity (Wildman–Crippen MR) is 97.4 cm³/mol. The lowest BCUT2D eigenvalue weighted by Crippen LogP contribution is -2.42. The summed E-state index contributed by atoms with van der Waals surface area (Å²) >= 11 is 1.78. The molecule has 2 N–H and O–H groups in total. The maximum Gasteiger partial charge on any atom is 0.191 e. The lowest BCUT2D eigenvalue weighted by molar-refractivity contribution is 0.203. The summed E-state index contributed by atoms with van der Waals surface area (Å²) in [6.45, 7) is 2.24. The Balaban J connectivity index is 0.00000361. The predicted octanol–water partition coefficient (Wildman–Crippen LogP) is 1.78. The van der Waals surface area contributed by atoms with Crippen molar-refractivity contribution in [3.63, 3.8) is 0 Å². The van der Waals surface area contributed by atoms with Crippen LogP contribution in [-0.2, 0) is 4.74 Å². The van der Waals surface area contributed by atoms with Crippen LogP contribution in [0.5, 0.6) is 0 Å². The van der Waals surface area contributed by atoms with Crippen LogP contribution < -0.4 is 10.6 Å². The summed E-state index contributed by atoms with van der Waals surface area (Å²) in [7, 11) is 7.65. The summed E-state index contributed by atoms with van der Waals surface area (Å²) in [5, 5.41) is 8.66. The van der Waals surface area contributed by atoms with Gasteiger partial charge in [0.2, 0.25) is 0 Å². The van der Waals surface area contributed by atoms with Gasteiger partial charge < -0.3 is 20.3 Å². The monoisotopic (exact) mass is 412 g/mol. The van der Waals surface area contributed by atoms with Crippen LogP contribution in [0.4, 0.5) is 0 Å². The lowest BCUT2D eigenvalue weighted by atomic mass is 10.2. The molecule has 1 rings (SSSR count). The second-order valence-corrected chi connectivity index (χ2v) is 5.35. The normalized spacial score (nSPS) is 12.9. The maximum absolute atomic E-state index is 5.01. The molecular weight excluding hydrogens is 387 g/mol. The highest BCUT2D eigenvalue weighted by Crippen LogP contribution is 2.22. The molecule has 5 nitrogen and oxygen atoms in total. The number of likely N-dealkylation sites (N-methyl/N-ethyl adjacent to an activating group) is 1. The fourth-order valence-electron chi connectivity index (χ4n) is 1.70. The van der Waals surface area contributed by atoms with Crippen LogP contribution in [0.2, 0.25) is 0 Å². The van der Waals surface area contributed by atoms with Crippen molar-refractivity contribution in [2.75, 3.05) is 47.9 Å². The Labute approximate surface area is 142 Å². The van der Waals surface area contributed by atoms with Gasteiger partial charge in [0.05, 0.1) is 12.6 Å². The lowest BCUT2D eigenvalue weighted by Gasteiger charge is -2.24. The second kappa shape index (κ2) is 11.3. The zero-order chi connectivity index (χ0) is 14.1. The van der Waals surface area contributed by atoms with Crippen molar-refractivity contribution in [1.29, 1.82) is 0 Å². The van der Waals surface area contributed by atoms with Crippen molar-refractivity contribution < 1.29 is 4.74 Å². The SMILES string of the molecule is CN=C(NCCOC)NCC(c1cccs1)N(C)C.I. The van der Waals surface area contributed by atoms with E-state index in [-0.39, 0.29) is 24.0 Å². The van der Waals surface area contributed by atoms with E-state index < -0.39 is 0 Å². The number of methoxy groups -OCH3 is 1. The Morgan fingerprint density at radius 3 is 2.70 bits per heavy atom. The molecule has 1 atom stereocenters. The van der Waals surface area contributed by atoms with Gasteiger partial charge in [0.25, 0.3) is 0 Å². The van der Waals surface area contributed by atoms with E-state index in [1.165, 1.54) is 4.88 Å². The minimum Gasteiger partial charge on any atom is -0.383 e. The molecule has 0 aromatic carbocycles. The Hall–Kier alpha value is -0.380. The summed E-state index contributed by atoms with van der Waals surface area (Å²) in [6.07, 6.45) is 0. The average Bonchev–Trinajstić information content (AvgIpc) is 2.90. The first-order valence-corrected chi connectivity index (χ1v) is 7.20. The van der Waals surface area contributed by atoms with Gasteiger partial charge in [-0.3, -0.25) is 4.99 Å². The molecule has 7 heteroatoms. The number of halogens is 1. The van der Waals surface area contributed by atoms with Gasteiger partial charge in [-0.1, -0.05) is 6.07 Å². The van der Waals surface area contributed by atoms with Crippen molar-refractivity contribution >= 4 is 41.3 Å². The standard InChI is InChI=1S/C13H24N4OS.HI/c1-14-13(15-7-8-18-4)16-10-11(17(2)3)12-6-5-9-19-12;/h5-6,9,11H,7-8,10H2,1-4H3,(H2,14,15,16);1H. The molecule has 1 unspecified atom stereocenters. The summed E-state index contributed by atoms with van der Waals surface area (Å²) in [6, 6.07) is 4.60. The average molecular weight is 412 g/mol. The molecule has 0 saturated heterocycles. The number of hydrogen-bond acceptors (Lipinski definition) is 4. The minimum atomic E-state index is 0. The van der Waals surface area contributed by atoms with E-state index in [4.69, 9.17) is 4.74 Å². The molecule has 0 fully saturated rings. The first-order valence-electron chi connectivity index (χ1n) is 6.32. The summed E-state index contributed by atoms with van der Waals surface area (Å²) < 4.78 is 5.01. The van der Waals surface area contributed by atoms with Gasteiger partial charge in [0, 0.05) is 32.1 Å². The first-order chi connectivity index (χ1) is 9.19. The van der Waals surface area contributed by atoms with Crippen LogP contribution >= 0.6 is 35.3 Å². The molecule has 0 amide bonds. The fraction of sp³-hybridized carbons (Fsp3) is 0.615. The van der Waals surface area contributed by atoms with Crippen molar-refractivity contribution in [3.8, 4) is 0 Å². The number of guanidine groups is 1. The Kier molecular flexibility index (Phi) is 11.1. The Morgan fingerprint density at radius 1 is 1.45 bits per heavy atom. The molecule has 0 bridgehead atoms. The van der Waals surface area contributed by atoms with Crippen LogP contribution in [0.3, 0.4) is 0 Å². The summed E-state index contributed by atoms with van der Waals surface area (Å²) in [4.78, 5) is 7.76. The van der Waals surface area contributed by atoms with Gasteiger partial charge in [-0.05, 0) is 25.5 Å². The number of hydrogen-bond donors (Lipinski definition) is 2. The maximum atomic E-state index is 5.01.